The molecule has 4 nitrogen and oxygen atoms in total. The molecule has 0 atom stereocenters. The lowest BCUT2D eigenvalue weighted by Gasteiger charge is -2.08. The number of esters is 1. The van der Waals surface area contributed by atoms with E-state index < -0.39 is 5.97 Å². The maximum Gasteiger partial charge on any atom is 0.342 e. The van der Waals surface area contributed by atoms with Crippen LogP contribution in [-0.4, -0.2) is 16.2 Å². The molecule has 3 rings (SSSR count). The second-order valence-corrected chi connectivity index (χ2v) is 4.93. The fourth-order valence-electron chi connectivity index (χ4n) is 2.24. The van der Waals surface area contributed by atoms with Crippen molar-refractivity contribution in [1.82, 2.24) is 0 Å². The fourth-order valence-corrected chi connectivity index (χ4v) is 2.24. The van der Waals surface area contributed by atoms with E-state index in [1.807, 2.05) is 12.1 Å². The highest BCUT2D eigenvalue weighted by Gasteiger charge is 2.15. The molecule has 0 saturated carbocycles. The molecule has 3 aromatic rings. The van der Waals surface area contributed by atoms with Gasteiger partial charge in [0.1, 0.15) is 23.7 Å². The lowest BCUT2D eigenvalue weighted by Crippen LogP contribution is -2.05. The van der Waals surface area contributed by atoms with Crippen LogP contribution in [0.1, 0.15) is 15.9 Å². The molecule has 110 valence electrons. The van der Waals surface area contributed by atoms with Gasteiger partial charge in [0, 0.05) is 5.39 Å². The van der Waals surface area contributed by atoms with Crippen molar-refractivity contribution in [3.05, 3.63) is 71.8 Å². The predicted octanol–water partition coefficient (Wildman–Crippen LogP) is 3.61. The number of carbonyl (C=O) groups excluding carboxylic acids is 1. The van der Waals surface area contributed by atoms with Crippen molar-refractivity contribution in [3.8, 4) is 11.5 Å². The molecule has 22 heavy (non-hydrogen) atoms. The zero-order chi connectivity index (χ0) is 15.5. The van der Waals surface area contributed by atoms with Crippen molar-refractivity contribution in [3.63, 3.8) is 0 Å². The standard InChI is InChI=1S/C18H14O4/c19-14-8-5-12(6-9-14)11-22-18(21)16-10-7-13-3-1-2-4-15(13)17(16)20/h1-10,19-20H,11H2. The van der Waals surface area contributed by atoms with Crippen LogP contribution in [0.5, 0.6) is 11.5 Å². The third kappa shape index (κ3) is 2.72. The van der Waals surface area contributed by atoms with Crippen LogP contribution in [0.15, 0.2) is 60.7 Å². The van der Waals surface area contributed by atoms with Gasteiger partial charge in [-0.05, 0) is 29.1 Å². The van der Waals surface area contributed by atoms with Crippen LogP contribution >= 0.6 is 0 Å². The molecular weight excluding hydrogens is 280 g/mol. The average Bonchev–Trinajstić information content (AvgIpc) is 2.55. The Morgan fingerprint density at radius 1 is 0.909 bits per heavy atom. The van der Waals surface area contributed by atoms with Crippen LogP contribution in [0, 0.1) is 0 Å². The molecule has 0 aliphatic rings. The van der Waals surface area contributed by atoms with E-state index in [0.717, 1.165) is 10.9 Å². The van der Waals surface area contributed by atoms with Gasteiger partial charge in [-0.1, -0.05) is 42.5 Å². The van der Waals surface area contributed by atoms with Crippen LogP contribution in [-0.2, 0) is 11.3 Å². The molecule has 0 fully saturated rings. The van der Waals surface area contributed by atoms with Gasteiger partial charge in [0.15, 0.2) is 0 Å². The molecule has 0 amide bonds. The largest absolute Gasteiger partial charge is 0.508 e. The van der Waals surface area contributed by atoms with Gasteiger partial charge < -0.3 is 14.9 Å². The summed E-state index contributed by atoms with van der Waals surface area (Å²) in [6.07, 6.45) is 0. The first-order valence-corrected chi connectivity index (χ1v) is 6.81. The van der Waals surface area contributed by atoms with Crippen LogP contribution in [0.25, 0.3) is 10.8 Å². The SMILES string of the molecule is O=C(OCc1ccc(O)cc1)c1ccc2ccccc2c1O. The number of hydrogen-bond donors (Lipinski definition) is 2. The lowest BCUT2D eigenvalue weighted by molar-refractivity contribution is 0.0470. The Kier molecular flexibility index (Phi) is 3.66. The van der Waals surface area contributed by atoms with Gasteiger partial charge in [-0.15, -0.1) is 0 Å². The molecule has 0 radical (unpaired) electrons. The van der Waals surface area contributed by atoms with E-state index in [1.165, 1.54) is 12.1 Å². The summed E-state index contributed by atoms with van der Waals surface area (Å²) in [6, 6.07) is 17.0. The Balaban J connectivity index is 1.80. The first-order chi connectivity index (χ1) is 10.6. The van der Waals surface area contributed by atoms with Crippen molar-refractivity contribution >= 4 is 16.7 Å². The number of fused-ring (bicyclic) bond motifs is 1. The van der Waals surface area contributed by atoms with E-state index >= 15 is 0 Å². The van der Waals surface area contributed by atoms with Crippen molar-refractivity contribution in [2.45, 2.75) is 6.61 Å². The summed E-state index contributed by atoms with van der Waals surface area (Å²) in [5.74, 6) is -0.507. The second kappa shape index (κ2) is 5.77. The molecule has 0 spiro atoms. The molecule has 0 heterocycles. The predicted molar refractivity (Wildman–Crippen MR) is 82.8 cm³/mol. The highest BCUT2D eigenvalue weighted by molar-refractivity contribution is 6.01. The summed E-state index contributed by atoms with van der Waals surface area (Å²) in [5.41, 5.74) is 0.893. The van der Waals surface area contributed by atoms with Gasteiger partial charge in [0.25, 0.3) is 0 Å². The van der Waals surface area contributed by atoms with Crippen molar-refractivity contribution in [2.24, 2.45) is 0 Å². The van der Waals surface area contributed by atoms with Gasteiger partial charge in [0.2, 0.25) is 0 Å². The molecule has 0 saturated heterocycles. The number of benzene rings is 3. The maximum absolute atomic E-state index is 12.1. The van der Waals surface area contributed by atoms with Crippen molar-refractivity contribution in [1.29, 1.82) is 0 Å². The zero-order valence-corrected chi connectivity index (χ0v) is 11.7. The molecule has 2 N–H and O–H groups in total. The molecule has 4 heteroatoms. The maximum atomic E-state index is 12.1. The summed E-state index contributed by atoms with van der Waals surface area (Å²) < 4.78 is 5.20. The Morgan fingerprint density at radius 3 is 2.41 bits per heavy atom. The molecular formula is C18H14O4. The number of phenols is 2. The van der Waals surface area contributed by atoms with Gasteiger partial charge in [-0.3, -0.25) is 0 Å². The zero-order valence-electron chi connectivity index (χ0n) is 11.7. The number of hydrogen-bond acceptors (Lipinski definition) is 4. The van der Waals surface area contributed by atoms with Crippen molar-refractivity contribution < 1.29 is 19.7 Å². The minimum Gasteiger partial charge on any atom is -0.508 e. The van der Waals surface area contributed by atoms with Gasteiger partial charge in [-0.2, -0.15) is 0 Å². The molecule has 0 unspecified atom stereocenters. The summed E-state index contributed by atoms with van der Waals surface area (Å²) in [7, 11) is 0. The van der Waals surface area contributed by atoms with Crippen molar-refractivity contribution in [2.75, 3.05) is 0 Å². The Hall–Kier alpha value is -3.01. The van der Waals surface area contributed by atoms with Crippen LogP contribution in [0.3, 0.4) is 0 Å². The topological polar surface area (TPSA) is 66.8 Å². The van der Waals surface area contributed by atoms with Gasteiger partial charge in [-0.25, -0.2) is 4.79 Å². The molecule has 0 aromatic heterocycles. The number of carbonyl (C=O) groups is 1. The van der Waals surface area contributed by atoms with Gasteiger partial charge >= 0.3 is 5.97 Å². The summed E-state index contributed by atoms with van der Waals surface area (Å²) >= 11 is 0. The Bertz CT molecular complexity index is 822. The minimum atomic E-state index is -0.587. The molecule has 0 bridgehead atoms. The highest BCUT2D eigenvalue weighted by Crippen LogP contribution is 2.29. The quantitative estimate of drug-likeness (QED) is 0.724. The normalized spacial score (nSPS) is 10.5. The first kappa shape index (κ1) is 13.9. The van der Waals surface area contributed by atoms with E-state index in [9.17, 15) is 15.0 Å². The first-order valence-electron chi connectivity index (χ1n) is 6.81. The molecule has 0 aliphatic carbocycles. The van der Waals surface area contributed by atoms with E-state index in [0.29, 0.717) is 5.39 Å². The summed E-state index contributed by atoms with van der Waals surface area (Å²) in [5, 5.41) is 20.9. The minimum absolute atomic E-state index is 0.0748. The summed E-state index contributed by atoms with van der Waals surface area (Å²) in [4.78, 5) is 12.1. The van der Waals surface area contributed by atoms with E-state index in [1.54, 1.807) is 36.4 Å². The number of phenolic OH excluding ortho intramolecular Hbond substituents is 2. The van der Waals surface area contributed by atoms with Gasteiger partial charge in [0.05, 0.1) is 0 Å². The second-order valence-electron chi connectivity index (χ2n) is 4.93. The average molecular weight is 294 g/mol. The molecule has 0 aliphatic heterocycles. The Labute approximate surface area is 127 Å². The number of rotatable bonds is 3. The number of ether oxygens (including phenoxy) is 1. The van der Waals surface area contributed by atoms with E-state index in [4.69, 9.17) is 4.74 Å². The smallest absolute Gasteiger partial charge is 0.342 e. The third-order valence-electron chi connectivity index (χ3n) is 3.43. The number of aromatic hydroxyl groups is 2. The van der Waals surface area contributed by atoms with Crippen LogP contribution in [0.4, 0.5) is 0 Å². The Morgan fingerprint density at radius 2 is 1.64 bits per heavy atom. The third-order valence-corrected chi connectivity index (χ3v) is 3.43. The lowest BCUT2D eigenvalue weighted by atomic mass is 10.1. The monoisotopic (exact) mass is 294 g/mol. The fraction of sp³-hybridized carbons (Fsp3) is 0.0556. The van der Waals surface area contributed by atoms with Crippen LogP contribution in [0.2, 0.25) is 0 Å². The molecule has 3 aromatic carbocycles. The highest BCUT2D eigenvalue weighted by atomic mass is 16.5. The van der Waals surface area contributed by atoms with Crippen LogP contribution < -0.4 is 0 Å². The van der Waals surface area contributed by atoms with E-state index in [-0.39, 0.29) is 23.7 Å². The van der Waals surface area contributed by atoms with E-state index in [2.05, 4.69) is 0 Å². The summed E-state index contributed by atoms with van der Waals surface area (Å²) in [6.45, 7) is 0.0748.